The number of aromatic nitrogens is 2. The molecule has 6 heteroatoms. The SMILES string of the molecule is COc1ccc(C2=C(c3c[nH]c4ccccc34)C(=O)CNC2=O)c2c1ccn2C. The molecule has 6 nitrogen and oxygen atoms in total. The fraction of sp³-hybridized carbons (Fsp3) is 0.130. The number of benzene rings is 2. The number of carbonyl (C=O) groups excluding carboxylic acids is 2. The third-order valence-electron chi connectivity index (χ3n) is 5.51. The molecule has 0 spiro atoms. The Morgan fingerprint density at radius 1 is 0.966 bits per heavy atom. The number of aryl methyl sites for hydroxylation is 1. The third-order valence-corrected chi connectivity index (χ3v) is 5.51. The van der Waals surface area contributed by atoms with Crippen molar-refractivity contribution in [1.82, 2.24) is 14.9 Å². The van der Waals surface area contributed by atoms with Gasteiger partial charge in [0.2, 0.25) is 0 Å². The van der Waals surface area contributed by atoms with E-state index < -0.39 is 0 Å². The second-order valence-electron chi connectivity index (χ2n) is 7.11. The zero-order valence-corrected chi connectivity index (χ0v) is 16.1. The van der Waals surface area contributed by atoms with Crippen molar-refractivity contribution in [2.75, 3.05) is 13.7 Å². The van der Waals surface area contributed by atoms with E-state index in [1.807, 2.05) is 66.5 Å². The van der Waals surface area contributed by atoms with Gasteiger partial charge in [-0.15, -0.1) is 0 Å². The summed E-state index contributed by atoms with van der Waals surface area (Å²) in [5.74, 6) is 0.362. The summed E-state index contributed by atoms with van der Waals surface area (Å²) >= 11 is 0. The highest BCUT2D eigenvalue weighted by atomic mass is 16.5. The number of para-hydroxylation sites is 1. The van der Waals surface area contributed by atoms with Crippen molar-refractivity contribution in [2.24, 2.45) is 7.05 Å². The molecule has 29 heavy (non-hydrogen) atoms. The Labute approximate surface area is 166 Å². The van der Waals surface area contributed by atoms with E-state index in [1.54, 1.807) is 7.11 Å². The normalized spacial score (nSPS) is 14.7. The Hall–Kier alpha value is -3.80. The van der Waals surface area contributed by atoms with Crippen LogP contribution in [0.25, 0.3) is 33.0 Å². The molecule has 4 aromatic rings. The first-order valence-corrected chi connectivity index (χ1v) is 9.34. The summed E-state index contributed by atoms with van der Waals surface area (Å²) in [5, 5.41) is 4.54. The molecular weight excluding hydrogens is 366 g/mol. The Morgan fingerprint density at radius 2 is 1.79 bits per heavy atom. The van der Waals surface area contributed by atoms with Crippen molar-refractivity contribution in [3.8, 4) is 5.75 Å². The molecule has 5 rings (SSSR count). The van der Waals surface area contributed by atoms with Crippen molar-refractivity contribution in [2.45, 2.75) is 0 Å². The lowest BCUT2D eigenvalue weighted by atomic mass is 9.87. The standard InChI is InChI=1S/C23H19N3O3/c1-26-10-9-14-19(29-2)8-7-15(22(14)26)21-20(18(27)12-25-23(21)28)16-11-24-17-6-4-3-5-13(16)17/h3-11,24H,12H2,1-2H3,(H,25,28). The Bertz CT molecular complexity index is 1340. The molecule has 0 saturated heterocycles. The summed E-state index contributed by atoms with van der Waals surface area (Å²) in [6, 6.07) is 13.4. The van der Waals surface area contributed by atoms with Gasteiger partial charge >= 0.3 is 0 Å². The van der Waals surface area contributed by atoms with Crippen molar-refractivity contribution in [3.63, 3.8) is 0 Å². The summed E-state index contributed by atoms with van der Waals surface area (Å²) in [6.45, 7) is -0.0103. The fourth-order valence-corrected chi connectivity index (χ4v) is 4.18. The van der Waals surface area contributed by atoms with Crippen molar-refractivity contribution >= 4 is 44.6 Å². The summed E-state index contributed by atoms with van der Waals surface area (Å²) in [5.41, 5.74) is 4.06. The first-order valence-electron chi connectivity index (χ1n) is 9.34. The van der Waals surface area contributed by atoms with Crippen LogP contribution in [0.2, 0.25) is 0 Å². The molecule has 2 aromatic heterocycles. The lowest BCUT2D eigenvalue weighted by Gasteiger charge is -2.21. The maximum absolute atomic E-state index is 13.0. The van der Waals surface area contributed by atoms with Crippen molar-refractivity contribution < 1.29 is 14.3 Å². The van der Waals surface area contributed by atoms with Crippen LogP contribution in [0, 0.1) is 0 Å². The van der Waals surface area contributed by atoms with Crippen LogP contribution in [0.15, 0.2) is 54.9 Å². The van der Waals surface area contributed by atoms with Crippen LogP contribution in [-0.2, 0) is 16.6 Å². The van der Waals surface area contributed by atoms with Crippen LogP contribution in [0.1, 0.15) is 11.1 Å². The number of rotatable bonds is 3. The van der Waals surface area contributed by atoms with E-state index >= 15 is 0 Å². The lowest BCUT2D eigenvalue weighted by molar-refractivity contribution is -0.120. The van der Waals surface area contributed by atoms with E-state index in [-0.39, 0.29) is 18.2 Å². The first-order chi connectivity index (χ1) is 14.1. The number of ketones is 1. The molecular formula is C23H19N3O3. The minimum Gasteiger partial charge on any atom is -0.496 e. The quantitative estimate of drug-likeness (QED) is 0.568. The van der Waals surface area contributed by atoms with Gasteiger partial charge in [-0.3, -0.25) is 9.59 Å². The van der Waals surface area contributed by atoms with Crippen molar-refractivity contribution in [3.05, 3.63) is 66.0 Å². The van der Waals surface area contributed by atoms with Crippen molar-refractivity contribution in [1.29, 1.82) is 0 Å². The molecule has 0 radical (unpaired) electrons. The number of methoxy groups -OCH3 is 1. The van der Waals surface area contributed by atoms with Crippen LogP contribution in [-0.4, -0.2) is 34.9 Å². The van der Waals surface area contributed by atoms with Gasteiger partial charge < -0.3 is 19.6 Å². The van der Waals surface area contributed by atoms with E-state index in [2.05, 4.69) is 10.3 Å². The van der Waals surface area contributed by atoms with E-state index in [0.717, 1.165) is 33.1 Å². The number of ether oxygens (including phenoxy) is 1. The maximum Gasteiger partial charge on any atom is 0.253 e. The highest BCUT2D eigenvalue weighted by Crippen LogP contribution is 2.38. The van der Waals surface area contributed by atoms with Gasteiger partial charge in [-0.25, -0.2) is 0 Å². The number of nitrogens with one attached hydrogen (secondary N) is 2. The van der Waals surface area contributed by atoms with Crippen LogP contribution < -0.4 is 10.1 Å². The number of aromatic amines is 1. The molecule has 1 amide bonds. The highest BCUT2D eigenvalue weighted by molar-refractivity contribution is 6.45. The molecule has 0 saturated carbocycles. The molecule has 0 fully saturated rings. The van der Waals surface area contributed by atoms with Gasteiger partial charge in [0.05, 0.1) is 24.7 Å². The minimum absolute atomic E-state index is 0.0103. The lowest BCUT2D eigenvalue weighted by Crippen LogP contribution is -2.36. The predicted molar refractivity (Wildman–Crippen MR) is 113 cm³/mol. The van der Waals surface area contributed by atoms with E-state index in [4.69, 9.17) is 4.74 Å². The van der Waals surface area contributed by atoms with Crippen LogP contribution in [0.5, 0.6) is 5.75 Å². The zero-order chi connectivity index (χ0) is 20.1. The maximum atomic E-state index is 13.0. The molecule has 1 aliphatic heterocycles. The van der Waals surface area contributed by atoms with E-state index in [9.17, 15) is 9.59 Å². The molecule has 0 unspecified atom stereocenters. The van der Waals surface area contributed by atoms with E-state index in [1.165, 1.54) is 0 Å². The van der Waals surface area contributed by atoms with Gasteiger partial charge in [-0.2, -0.15) is 0 Å². The Morgan fingerprint density at radius 3 is 2.62 bits per heavy atom. The summed E-state index contributed by atoms with van der Waals surface area (Å²) in [7, 11) is 3.54. The van der Waals surface area contributed by atoms with Gasteiger partial charge in [-0.05, 0) is 24.3 Å². The first kappa shape index (κ1) is 17.3. The largest absolute Gasteiger partial charge is 0.496 e. The topological polar surface area (TPSA) is 76.1 Å². The van der Waals surface area contributed by atoms with E-state index in [0.29, 0.717) is 16.7 Å². The average molecular weight is 385 g/mol. The highest BCUT2D eigenvalue weighted by Gasteiger charge is 2.31. The number of amides is 1. The molecule has 0 atom stereocenters. The Kier molecular flexibility index (Phi) is 3.81. The fourth-order valence-electron chi connectivity index (χ4n) is 4.18. The number of hydrogen-bond donors (Lipinski definition) is 2. The van der Waals surface area contributed by atoms with Gasteiger partial charge in [0, 0.05) is 52.4 Å². The smallest absolute Gasteiger partial charge is 0.253 e. The molecule has 3 heterocycles. The minimum atomic E-state index is -0.252. The third kappa shape index (κ3) is 2.49. The van der Waals surface area contributed by atoms with Crippen LogP contribution in [0.4, 0.5) is 0 Å². The molecule has 2 N–H and O–H groups in total. The second-order valence-corrected chi connectivity index (χ2v) is 7.11. The summed E-state index contributed by atoms with van der Waals surface area (Å²) < 4.78 is 7.43. The predicted octanol–water partition coefficient (Wildman–Crippen LogP) is 3.28. The molecule has 1 aliphatic rings. The van der Waals surface area contributed by atoms with Gasteiger partial charge in [0.15, 0.2) is 5.78 Å². The molecule has 144 valence electrons. The molecule has 0 aliphatic carbocycles. The monoisotopic (exact) mass is 385 g/mol. The summed E-state index contributed by atoms with van der Waals surface area (Å²) in [6.07, 6.45) is 3.73. The molecule has 2 aromatic carbocycles. The second kappa shape index (κ2) is 6.38. The number of hydrogen-bond acceptors (Lipinski definition) is 3. The number of fused-ring (bicyclic) bond motifs is 2. The number of nitrogens with zero attached hydrogens (tertiary/aromatic N) is 1. The number of carbonyl (C=O) groups is 2. The van der Waals surface area contributed by atoms with Gasteiger partial charge in [-0.1, -0.05) is 18.2 Å². The molecule has 0 bridgehead atoms. The number of Topliss-reactive ketones (excluding diaryl/α,β-unsaturated/α-hetero) is 1. The Balaban J connectivity index is 1.89. The van der Waals surface area contributed by atoms with Crippen LogP contribution in [0.3, 0.4) is 0 Å². The number of H-pyrrole nitrogens is 1. The zero-order valence-electron chi connectivity index (χ0n) is 16.1. The summed E-state index contributed by atoms with van der Waals surface area (Å²) in [4.78, 5) is 29.3. The average Bonchev–Trinajstić information content (AvgIpc) is 3.33. The van der Waals surface area contributed by atoms with Crippen LogP contribution >= 0.6 is 0 Å². The van der Waals surface area contributed by atoms with Gasteiger partial charge in [0.1, 0.15) is 5.75 Å². The van der Waals surface area contributed by atoms with Gasteiger partial charge in [0.25, 0.3) is 5.91 Å².